The van der Waals surface area contributed by atoms with E-state index >= 15 is 0 Å². The Kier molecular flexibility index (Phi) is 5.12. The van der Waals surface area contributed by atoms with Crippen LogP contribution in [0.15, 0.2) is 36.4 Å². The van der Waals surface area contributed by atoms with Crippen LogP contribution in [-0.2, 0) is 4.79 Å². The average molecular weight is 358 g/mol. The molecule has 1 aliphatic rings. The van der Waals surface area contributed by atoms with E-state index in [4.69, 9.17) is 18.9 Å². The number of benzene rings is 2. The second kappa shape index (κ2) is 7.64. The molecule has 136 valence electrons. The predicted molar refractivity (Wildman–Crippen MR) is 93.1 cm³/mol. The molecule has 0 aromatic heterocycles. The maximum Gasteiger partial charge on any atom is 0.259 e. The predicted octanol–water partition coefficient (Wildman–Crippen LogP) is 1.80. The first-order valence-corrected chi connectivity index (χ1v) is 7.81. The molecule has 2 aromatic carbocycles. The van der Waals surface area contributed by atoms with Gasteiger partial charge in [-0.3, -0.25) is 9.59 Å². The zero-order chi connectivity index (χ0) is 18.5. The molecule has 8 nitrogen and oxygen atoms in total. The monoisotopic (exact) mass is 358 g/mol. The summed E-state index contributed by atoms with van der Waals surface area (Å²) in [5, 5.41) is 5.24. The van der Waals surface area contributed by atoms with Crippen LogP contribution in [0.2, 0.25) is 0 Å². The summed E-state index contributed by atoms with van der Waals surface area (Å²) in [6.45, 7) is -0.0575. The van der Waals surface area contributed by atoms with Crippen molar-refractivity contribution >= 4 is 17.5 Å². The van der Waals surface area contributed by atoms with Gasteiger partial charge in [-0.25, -0.2) is 0 Å². The van der Waals surface area contributed by atoms with Crippen molar-refractivity contribution in [2.45, 2.75) is 0 Å². The highest BCUT2D eigenvalue weighted by Gasteiger charge is 2.19. The van der Waals surface area contributed by atoms with Crippen molar-refractivity contribution in [3.05, 3.63) is 42.0 Å². The molecular weight excluding hydrogens is 340 g/mol. The number of carbonyl (C=O) groups is 2. The van der Waals surface area contributed by atoms with Crippen LogP contribution in [-0.4, -0.2) is 39.4 Å². The molecule has 2 amide bonds. The Labute approximate surface area is 150 Å². The number of ether oxygens (including phenoxy) is 4. The van der Waals surface area contributed by atoms with Crippen molar-refractivity contribution in [1.29, 1.82) is 0 Å². The number of hydrogen-bond acceptors (Lipinski definition) is 6. The van der Waals surface area contributed by atoms with Crippen LogP contribution in [0.1, 0.15) is 10.4 Å². The van der Waals surface area contributed by atoms with E-state index in [9.17, 15) is 9.59 Å². The molecule has 0 aliphatic carbocycles. The van der Waals surface area contributed by atoms with Gasteiger partial charge in [0.1, 0.15) is 17.1 Å². The van der Waals surface area contributed by atoms with Gasteiger partial charge in [-0.05, 0) is 24.3 Å². The zero-order valence-electron chi connectivity index (χ0n) is 14.3. The maximum atomic E-state index is 12.4. The Morgan fingerprint density at radius 3 is 2.42 bits per heavy atom. The number of rotatable bonds is 6. The van der Waals surface area contributed by atoms with Crippen molar-refractivity contribution in [3.63, 3.8) is 0 Å². The molecule has 26 heavy (non-hydrogen) atoms. The molecule has 0 fully saturated rings. The highest BCUT2D eigenvalue weighted by atomic mass is 16.7. The number of amides is 2. The number of anilines is 1. The summed E-state index contributed by atoms with van der Waals surface area (Å²) in [6.07, 6.45) is 0. The molecule has 0 atom stereocenters. The van der Waals surface area contributed by atoms with Crippen molar-refractivity contribution < 1.29 is 28.5 Å². The summed E-state index contributed by atoms with van der Waals surface area (Å²) in [7, 11) is 2.91. The van der Waals surface area contributed by atoms with Crippen molar-refractivity contribution in [2.24, 2.45) is 0 Å². The summed E-state index contributed by atoms with van der Waals surface area (Å²) < 4.78 is 20.8. The molecule has 0 saturated heterocycles. The molecule has 0 saturated carbocycles. The second-order valence-corrected chi connectivity index (χ2v) is 5.34. The molecule has 3 rings (SSSR count). The van der Waals surface area contributed by atoms with Gasteiger partial charge in [0.15, 0.2) is 11.5 Å². The lowest BCUT2D eigenvalue weighted by atomic mass is 10.1. The van der Waals surface area contributed by atoms with Gasteiger partial charge in [0.2, 0.25) is 12.7 Å². The molecule has 2 aromatic rings. The van der Waals surface area contributed by atoms with Crippen molar-refractivity contribution in [2.75, 3.05) is 32.9 Å². The SMILES string of the molecule is COc1cccc(OC)c1C(=O)NCC(=O)Nc1ccc2c(c1)OCO2. The minimum atomic E-state index is -0.472. The number of nitrogens with one attached hydrogen (secondary N) is 2. The van der Waals surface area contributed by atoms with E-state index in [-0.39, 0.29) is 24.8 Å². The zero-order valence-corrected chi connectivity index (χ0v) is 14.3. The normalized spacial score (nSPS) is 11.6. The van der Waals surface area contributed by atoms with Gasteiger partial charge in [0.05, 0.1) is 20.8 Å². The third-order valence-electron chi connectivity index (χ3n) is 3.72. The van der Waals surface area contributed by atoms with E-state index in [2.05, 4.69) is 10.6 Å². The third-order valence-corrected chi connectivity index (χ3v) is 3.72. The van der Waals surface area contributed by atoms with Crippen LogP contribution in [0.3, 0.4) is 0 Å². The summed E-state index contributed by atoms with van der Waals surface area (Å²) >= 11 is 0. The summed E-state index contributed by atoms with van der Waals surface area (Å²) in [5.41, 5.74) is 0.775. The number of methoxy groups -OCH3 is 2. The van der Waals surface area contributed by atoms with E-state index in [1.807, 2.05) is 0 Å². The highest BCUT2D eigenvalue weighted by molar-refractivity contribution is 6.02. The van der Waals surface area contributed by atoms with Crippen LogP contribution in [0.5, 0.6) is 23.0 Å². The van der Waals surface area contributed by atoms with E-state index < -0.39 is 5.91 Å². The van der Waals surface area contributed by atoms with Crippen molar-refractivity contribution in [3.8, 4) is 23.0 Å². The lowest BCUT2D eigenvalue weighted by molar-refractivity contribution is -0.115. The van der Waals surface area contributed by atoms with Crippen LogP contribution < -0.4 is 29.6 Å². The number of hydrogen-bond donors (Lipinski definition) is 2. The fourth-order valence-electron chi connectivity index (χ4n) is 2.50. The second-order valence-electron chi connectivity index (χ2n) is 5.34. The fraction of sp³-hybridized carbons (Fsp3) is 0.222. The van der Waals surface area contributed by atoms with E-state index in [0.29, 0.717) is 28.7 Å². The summed E-state index contributed by atoms with van der Waals surface area (Å²) in [6, 6.07) is 10.0. The van der Waals surface area contributed by atoms with Gasteiger partial charge >= 0.3 is 0 Å². The first kappa shape index (κ1) is 17.4. The molecule has 1 aliphatic heterocycles. The van der Waals surface area contributed by atoms with Gasteiger partial charge < -0.3 is 29.6 Å². The number of carbonyl (C=O) groups excluding carboxylic acids is 2. The number of fused-ring (bicyclic) bond motifs is 1. The molecule has 1 heterocycles. The van der Waals surface area contributed by atoms with Gasteiger partial charge in [-0.15, -0.1) is 0 Å². The molecule has 0 bridgehead atoms. The molecule has 2 N–H and O–H groups in total. The lowest BCUT2D eigenvalue weighted by Crippen LogP contribution is -2.33. The van der Waals surface area contributed by atoms with E-state index in [1.165, 1.54) is 14.2 Å². The average Bonchev–Trinajstić information content (AvgIpc) is 3.13. The Hall–Kier alpha value is -3.42. The fourth-order valence-corrected chi connectivity index (χ4v) is 2.50. The Bertz CT molecular complexity index is 814. The van der Waals surface area contributed by atoms with Crippen LogP contribution in [0, 0.1) is 0 Å². The topological polar surface area (TPSA) is 95.1 Å². The minimum Gasteiger partial charge on any atom is -0.496 e. The molecular formula is C18H18N2O6. The minimum absolute atomic E-state index is 0.156. The van der Waals surface area contributed by atoms with Crippen LogP contribution in [0.4, 0.5) is 5.69 Å². The molecule has 8 heteroatoms. The largest absolute Gasteiger partial charge is 0.496 e. The van der Waals surface area contributed by atoms with Crippen molar-refractivity contribution in [1.82, 2.24) is 5.32 Å². The Morgan fingerprint density at radius 1 is 1.04 bits per heavy atom. The Morgan fingerprint density at radius 2 is 1.73 bits per heavy atom. The highest BCUT2D eigenvalue weighted by Crippen LogP contribution is 2.34. The standard InChI is InChI=1S/C18H18N2O6/c1-23-13-4-3-5-14(24-2)17(13)18(22)19-9-16(21)20-11-6-7-12-15(8-11)26-10-25-12/h3-8H,9-10H2,1-2H3,(H,19,22)(H,20,21). The molecule has 0 spiro atoms. The van der Waals surface area contributed by atoms with Crippen LogP contribution >= 0.6 is 0 Å². The summed E-state index contributed by atoms with van der Waals surface area (Å²) in [5.74, 6) is 1.05. The first-order valence-electron chi connectivity index (χ1n) is 7.81. The molecule has 0 radical (unpaired) electrons. The van der Waals surface area contributed by atoms with E-state index in [1.54, 1.807) is 36.4 Å². The van der Waals surface area contributed by atoms with Gasteiger partial charge in [-0.1, -0.05) is 6.07 Å². The third kappa shape index (κ3) is 3.64. The smallest absolute Gasteiger partial charge is 0.259 e. The lowest BCUT2D eigenvalue weighted by Gasteiger charge is -2.13. The Balaban J connectivity index is 1.62. The van der Waals surface area contributed by atoms with Gasteiger partial charge in [0.25, 0.3) is 5.91 Å². The van der Waals surface area contributed by atoms with Gasteiger partial charge in [-0.2, -0.15) is 0 Å². The van der Waals surface area contributed by atoms with Gasteiger partial charge in [0, 0.05) is 11.8 Å². The summed E-state index contributed by atoms with van der Waals surface area (Å²) in [4.78, 5) is 24.5. The first-order chi connectivity index (χ1) is 12.6. The molecule has 0 unspecified atom stereocenters. The van der Waals surface area contributed by atoms with E-state index in [0.717, 1.165) is 0 Å². The van der Waals surface area contributed by atoms with Crippen LogP contribution in [0.25, 0.3) is 0 Å². The quantitative estimate of drug-likeness (QED) is 0.818. The maximum absolute atomic E-state index is 12.4.